The first kappa shape index (κ1) is 21.4. The first-order chi connectivity index (χ1) is 15.0. The van der Waals surface area contributed by atoms with Gasteiger partial charge in [-0.1, -0.05) is 23.5 Å². The Morgan fingerprint density at radius 1 is 1.23 bits per heavy atom. The average molecular weight is 461 g/mol. The molecule has 3 aromatic rings. The Hall–Kier alpha value is -2.82. The molecule has 0 aliphatic carbocycles. The van der Waals surface area contributed by atoms with E-state index >= 15 is 0 Å². The van der Waals surface area contributed by atoms with Crippen molar-refractivity contribution in [2.24, 2.45) is 0 Å². The summed E-state index contributed by atoms with van der Waals surface area (Å²) in [7, 11) is 0.397. The van der Waals surface area contributed by atoms with Crippen molar-refractivity contribution in [1.82, 2.24) is 9.29 Å². The van der Waals surface area contributed by atoms with Gasteiger partial charge in [-0.2, -0.15) is 0 Å². The minimum Gasteiger partial charge on any atom is -0.445 e. The number of carbonyl (C=O) groups is 1. The predicted octanol–water partition coefficient (Wildman–Crippen LogP) is 4.86. The quantitative estimate of drug-likeness (QED) is 0.570. The molecular weight excluding hydrogens is 439 g/mol. The van der Waals surface area contributed by atoms with Crippen LogP contribution in [0.5, 0.6) is 10.8 Å². The number of rotatable bonds is 6. The zero-order valence-corrected chi connectivity index (χ0v) is 18.4. The summed E-state index contributed by atoms with van der Waals surface area (Å²) < 4.78 is 33.5. The van der Waals surface area contributed by atoms with Crippen molar-refractivity contribution in [1.29, 1.82) is 0 Å². The number of urea groups is 1. The van der Waals surface area contributed by atoms with Gasteiger partial charge in [-0.15, -0.1) is 0 Å². The molecule has 1 unspecified atom stereocenters. The molecule has 162 valence electrons. The lowest BCUT2D eigenvalue weighted by Gasteiger charge is -2.19. The van der Waals surface area contributed by atoms with Crippen LogP contribution in [0.2, 0.25) is 0 Å². The van der Waals surface area contributed by atoms with Crippen molar-refractivity contribution in [3.8, 4) is 10.8 Å². The highest BCUT2D eigenvalue weighted by molar-refractivity contribution is 7.82. The molecule has 1 saturated heterocycles. The fourth-order valence-electron chi connectivity index (χ4n) is 3.11. The molecule has 1 aliphatic heterocycles. The van der Waals surface area contributed by atoms with Crippen molar-refractivity contribution in [2.75, 3.05) is 30.4 Å². The topological polar surface area (TPSA) is 74.8 Å². The second-order valence-electron chi connectivity index (χ2n) is 6.92. The molecule has 2 heterocycles. The molecule has 1 fully saturated rings. The molecule has 31 heavy (non-hydrogen) atoms. The van der Waals surface area contributed by atoms with E-state index in [-0.39, 0.29) is 0 Å². The summed E-state index contributed by atoms with van der Waals surface area (Å²) in [4.78, 5) is 18.9. The van der Waals surface area contributed by atoms with Crippen molar-refractivity contribution in [2.45, 2.75) is 17.7 Å². The fourth-order valence-corrected chi connectivity index (χ4v) is 5.09. The number of carbonyl (C=O) groups excluding carboxylic acids is 1. The molecule has 1 aromatic heterocycles. The summed E-state index contributed by atoms with van der Waals surface area (Å²) in [6, 6.07) is 12.5. The standard InChI is InChI=1S/C21H21FN4O3S2/c1-25(16-7-5-9-18(13-16)31(28)26-10-2-3-11-26)21(27)24-20-23-14-19(30-20)29-17-8-4-6-15(22)12-17/h4-9,12-14H,2-3,10-11H2,1H3,(H,23,24,27). The second-order valence-corrected chi connectivity index (χ2v) is 9.39. The zero-order valence-electron chi connectivity index (χ0n) is 16.8. The zero-order chi connectivity index (χ0) is 21.8. The molecule has 0 spiro atoms. The van der Waals surface area contributed by atoms with E-state index in [1.54, 1.807) is 43.4 Å². The maximum atomic E-state index is 13.3. The third-order valence-electron chi connectivity index (χ3n) is 4.72. The number of halogens is 1. The molecule has 1 atom stereocenters. The van der Waals surface area contributed by atoms with E-state index in [4.69, 9.17) is 4.74 Å². The van der Waals surface area contributed by atoms with Crippen LogP contribution in [0.1, 0.15) is 12.8 Å². The molecule has 2 amide bonds. The van der Waals surface area contributed by atoms with Crippen molar-refractivity contribution in [3.05, 3.63) is 60.5 Å². The number of hydrogen-bond donors (Lipinski definition) is 1. The SMILES string of the molecule is CN(C(=O)Nc1ncc(Oc2cccc(F)c2)s1)c1cccc(S(=O)N2CCCC2)c1. The van der Waals surface area contributed by atoms with Gasteiger partial charge in [0.1, 0.15) is 22.6 Å². The van der Waals surface area contributed by atoms with E-state index in [0.29, 0.717) is 26.5 Å². The van der Waals surface area contributed by atoms with Crippen molar-refractivity contribution >= 4 is 39.2 Å². The van der Waals surface area contributed by atoms with Crippen molar-refractivity contribution in [3.63, 3.8) is 0 Å². The highest BCUT2D eigenvalue weighted by Crippen LogP contribution is 2.31. The first-order valence-corrected chi connectivity index (χ1v) is 11.6. The molecule has 1 aliphatic rings. The third-order valence-corrected chi connectivity index (χ3v) is 7.01. The maximum absolute atomic E-state index is 13.3. The molecule has 1 N–H and O–H groups in total. The lowest BCUT2D eigenvalue weighted by atomic mass is 10.3. The lowest BCUT2D eigenvalue weighted by molar-refractivity contribution is 0.258. The highest BCUT2D eigenvalue weighted by atomic mass is 32.2. The Balaban J connectivity index is 1.40. The van der Waals surface area contributed by atoms with Gasteiger partial charge in [-0.25, -0.2) is 22.7 Å². The Kier molecular flexibility index (Phi) is 6.59. The third kappa shape index (κ3) is 5.27. The van der Waals surface area contributed by atoms with Gasteiger partial charge in [0.15, 0.2) is 5.13 Å². The molecule has 7 nitrogen and oxygen atoms in total. The molecule has 0 radical (unpaired) electrons. The van der Waals surface area contributed by atoms with Gasteiger partial charge in [-0.3, -0.25) is 10.2 Å². The second kappa shape index (κ2) is 9.54. The van der Waals surface area contributed by atoms with Crippen LogP contribution in [-0.2, 0) is 11.0 Å². The van der Waals surface area contributed by atoms with Crippen LogP contribution in [0.15, 0.2) is 59.6 Å². The summed E-state index contributed by atoms with van der Waals surface area (Å²) in [5.41, 5.74) is 0.621. The van der Waals surface area contributed by atoms with Crippen LogP contribution < -0.4 is 15.0 Å². The van der Waals surface area contributed by atoms with E-state index in [1.807, 2.05) is 4.31 Å². The van der Waals surface area contributed by atoms with Crippen LogP contribution in [-0.4, -0.2) is 39.7 Å². The van der Waals surface area contributed by atoms with Gasteiger partial charge >= 0.3 is 6.03 Å². The smallest absolute Gasteiger partial charge is 0.327 e. The highest BCUT2D eigenvalue weighted by Gasteiger charge is 2.21. The van der Waals surface area contributed by atoms with E-state index < -0.39 is 22.8 Å². The largest absolute Gasteiger partial charge is 0.445 e. The number of nitrogens with zero attached hydrogens (tertiary/aromatic N) is 3. The van der Waals surface area contributed by atoms with Gasteiger partial charge in [0.05, 0.1) is 11.1 Å². The fraction of sp³-hybridized carbons (Fsp3) is 0.238. The first-order valence-electron chi connectivity index (χ1n) is 9.70. The molecule has 4 rings (SSSR count). The number of aromatic nitrogens is 1. The summed E-state index contributed by atoms with van der Waals surface area (Å²) in [6.45, 7) is 1.63. The van der Waals surface area contributed by atoms with Crippen molar-refractivity contribution < 1.29 is 18.1 Å². The average Bonchev–Trinajstić information content (AvgIpc) is 3.45. The molecule has 0 saturated carbocycles. The van der Waals surface area contributed by atoms with Gasteiger partial charge in [-0.05, 0) is 43.2 Å². The monoisotopic (exact) mass is 460 g/mol. The summed E-state index contributed by atoms with van der Waals surface area (Å²) in [5.74, 6) is -0.0495. The normalized spacial score (nSPS) is 14.9. The summed E-state index contributed by atoms with van der Waals surface area (Å²) in [6.07, 6.45) is 3.56. The van der Waals surface area contributed by atoms with Crippen LogP contribution in [0.25, 0.3) is 0 Å². The molecule has 2 aromatic carbocycles. The number of nitrogens with one attached hydrogen (secondary N) is 1. The minimum atomic E-state index is -1.23. The van der Waals surface area contributed by atoms with Crippen LogP contribution >= 0.6 is 11.3 Å². The molecule has 0 bridgehead atoms. The number of benzene rings is 2. The Morgan fingerprint density at radius 2 is 2.00 bits per heavy atom. The Labute approximate surface area is 186 Å². The predicted molar refractivity (Wildman–Crippen MR) is 120 cm³/mol. The Morgan fingerprint density at radius 3 is 2.77 bits per heavy atom. The van der Waals surface area contributed by atoms with Gasteiger partial charge in [0.25, 0.3) is 0 Å². The van der Waals surface area contributed by atoms with Gasteiger partial charge < -0.3 is 4.74 Å². The molecular formula is C21H21FN4O3S2. The van der Waals surface area contributed by atoms with Gasteiger partial charge in [0.2, 0.25) is 5.06 Å². The van der Waals surface area contributed by atoms with Crippen LogP contribution in [0.4, 0.5) is 20.0 Å². The number of thiazole rings is 1. The minimum absolute atomic E-state index is 0.347. The molecule has 10 heteroatoms. The lowest BCUT2D eigenvalue weighted by Crippen LogP contribution is -2.31. The summed E-state index contributed by atoms with van der Waals surface area (Å²) in [5, 5.41) is 3.49. The maximum Gasteiger partial charge on any atom is 0.327 e. The van der Waals surface area contributed by atoms with Gasteiger partial charge in [0, 0.05) is 31.9 Å². The number of amides is 2. The van der Waals surface area contributed by atoms with E-state index in [1.165, 1.54) is 23.2 Å². The Bertz CT molecular complexity index is 1100. The number of anilines is 2. The van der Waals surface area contributed by atoms with E-state index in [9.17, 15) is 13.4 Å². The van der Waals surface area contributed by atoms with E-state index in [0.717, 1.165) is 37.3 Å². The number of hydrogen-bond acceptors (Lipinski definition) is 5. The van der Waals surface area contributed by atoms with Crippen LogP contribution in [0.3, 0.4) is 0 Å². The van der Waals surface area contributed by atoms with Crippen LogP contribution in [0, 0.1) is 5.82 Å². The number of ether oxygens (including phenoxy) is 1. The summed E-state index contributed by atoms with van der Waals surface area (Å²) >= 11 is 1.13. The van der Waals surface area contributed by atoms with E-state index in [2.05, 4.69) is 10.3 Å².